The highest BCUT2D eigenvalue weighted by molar-refractivity contribution is 5.98. The lowest BCUT2D eigenvalue weighted by Gasteiger charge is -2.43. The molecule has 7 rings (SSSR count). The summed E-state index contributed by atoms with van der Waals surface area (Å²) in [5, 5.41) is 67.9. The van der Waals surface area contributed by atoms with Gasteiger partial charge < -0.3 is 52.5 Å². The maximum absolute atomic E-state index is 14.3. The van der Waals surface area contributed by atoms with Gasteiger partial charge >= 0.3 is 29.8 Å². The lowest BCUT2D eigenvalue weighted by atomic mass is 9.63. The third kappa shape index (κ3) is 7.98. The molecule has 1 aliphatic carbocycles. The number of rotatable bonds is 15. The van der Waals surface area contributed by atoms with Crippen LogP contribution in [0.3, 0.4) is 0 Å². The van der Waals surface area contributed by atoms with Crippen LogP contribution < -0.4 is 32.3 Å². The number of hydrogen-bond donors (Lipinski definition) is 11. The number of allylic oxidation sites excluding steroid dienone is 2. The molecular formula is C42H58N6O13. The van der Waals surface area contributed by atoms with Crippen molar-refractivity contribution in [1.82, 2.24) is 26.6 Å². The molecule has 19 heteroatoms. The van der Waals surface area contributed by atoms with Crippen LogP contribution in [0.15, 0.2) is 23.0 Å². The van der Waals surface area contributed by atoms with Crippen LogP contribution in [0.5, 0.6) is 0 Å². The molecule has 6 heterocycles. The average Bonchev–Trinajstić information content (AvgIpc) is 3.83. The van der Waals surface area contributed by atoms with E-state index in [1.165, 1.54) is 0 Å². The number of amides is 2. The topological polar surface area (TPSA) is 324 Å². The Labute approximate surface area is 352 Å². The molecule has 8 bridgehead atoms. The molecule has 0 aromatic carbocycles. The summed E-state index contributed by atoms with van der Waals surface area (Å²) in [6.07, 6.45) is 1.27. The first-order chi connectivity index (χ1) is 28.7. The smallest absolute Gasteiger partial charge is 0.304 e. The van der Waals surface area contributed by atoms with Crippen molar-refractivity contribution >= 4 is 47.4 Å². The summed E-state index contributed by atoms with van der Waals surface area (Å²) in [5.74, 6) is -10.1. The van der Waals surface area contributed by atoms with E-state index in [1.807, 2.05) is 19.9 Å². The van der Waals surface area contributed by atoms with Crippen molar-refractivity contribution in [2.75, 3.05) is 0 Å². The van der Waals surface area contributed by atoms with E-state index in [-0.39, 0.29) is 88.7 Å². The molecule has 19 nitrogen and oxygen atoms in total. The predicted molar refractivity (Wildman–Crippen MR) is 212 cm³/mol. The van der Waals surface area contributed by atoms with Crippen LogP contribution in [0.1, 0.15) is 104 Å². The molecule has 0 aromatic rings. The zero-order chi connectivity index (χ0) is 44.3. The number of carbonyl (C=O) groups is 8. The molecule has 2 amide bonds. The highest BCUT2D eigenvalue weighted by Crippen LogP contribution is 2.58. The average molecular weight is 855 g/mol. The fourth-order valence-electron chi connectivity index (χ4n) is 13.3. The van der Waals surface area contributed by atoms with Crippen molar-refractivity contribution in [1.29, 1.82) is 0 Å². The molecule has 6 aliphatic heterocycles. The van der Waals surface area contributed by atoms with Gasteiger partial charge in [-0.2, -0.15) is 0 Å². The van der Waals surface area contributed by atoms with Crippen molar-refractivity contribution in [2.24, 2.45) is 52.1 Å². The van der Waals surface area contributed by atoms with Gasteiger partial charge in [0.05, 0.1) is 24.5 Å². The summed E-state index contributed by atoms with van der Waals surface area (Å²) in [4.78, 5) is 102. The Morgan fingerprint density at radius 3 is 2.07 bits per heavy atom. The Hall–Kier alpha value is -5.04. The number of ketones is 1. The van der Waals surface area contributed by atoms with Crippen LogP contribution in [0.4, 0.5) is 0 Å². The number of primary amides is 1. The third-order valence-electron chi connectivity index (χ3n) is 15.8. The van der Waals surface area contributed by atoms with Crippen LogP contribution in [0, 0.1) is 46.3 Å². The van der Waals surface area contributed by atoms with E-state index < -0.39 is 124 Å². The number of carbonyl (C=O) groups excluding carboxylic acids is 3. The van der Waals surface area contributed by atoms with Gasteiger partial charge in [-0.15, -0.1) is 0 Å². The number of fused-ring (bicyclic) bond motifs is 7. The van der Waals surface area contributed by atoms with Crippen molar-refractivity contribution in [3.63, 3.8) is 0 Å². The third-order valence-corrected chi connectivity index (χ3v) is 15.8. The van der Waals surface area contributed by atoms with Crippen molar-refractivity contribution in [3.05, 3.63) is 23.0 Å². The first kappa shape index (κ1) is 44.0. The molecule has 14 atom stereocenters. The number of carboxylic acid groups (broad SMARTS) is 5. The van der Waals surface area contributed by atoms with Gasteiger partial charge in [0.1, 0.15) is 0 Å². The van der Waals surface area contributed by atoms with Crippen molar-refractivity contribution < 1.29 is 63.9 Å². The number of nitrogens with two attached hydrogens (primary N) is 1. The van der Waals surface area contributed by atoms with Gasteiger partial charge in [0.2, 0.25) is 11.8 Å². The molecule has 1 spiro atoms. The maximum atomic E-state index is 14.3. The van der Waals surface area contributed by atoms with E-state index in [1.54, 1.807) is 0 Å². The minimum Gasteiger partial charge on any atom is -0.481 e. The molecule has 0 aromatic heterocycles. The van der Waals surface area contributed by atoms with Crippen LogP contribution in [-0.4, -0.2) is 109 Å². The highest BCUT2D eigenvalue weighted by atomic mass is 16.4. The van der Waals surface area contributed by atoms with Gasteiger partial charge in [-0.25, -0.2) is 0 Å². The fourth-order valence-corrected chi connectivity index (χ4v) is 13.3. The Bertz CT molecular complexity index is 1970. The molecule has 12 N–H and O–H groups in total. The number of carboxylic acids is 5. The minimum atomic E-state index is -1.23. The lowest BCUT2D eigenvalue weighted by Crippen LogP contribution is -2.61. The van der Waals surface area contributed by atoms with E-state index in [4.69, 9.17) is 5.73 Å². The van der Waals surface area contributed by atoms with Gasteiger partial charge in [0, 0.05) is 103 Å². The molecule has 2 unspecified atom stereocenters. The van der Waals surface area contributed by atoms with E-state index >= 15 is 0 Å². The Morgan fingerprint density at radius 1 is 0.803 bits per heavy atom. The number of hydrogen-bond acceptors (Lipinski definition) is 12. The van der Waals surface area contributed by atoms with E-state index in [0.717, 1.165) is 0 Å². The molecule has 334 valence electrons. The second-order valence-corrected chi connectivity index (χ2v) is 19.2. The van der Waals surface area contributed by atoms with Crippen molar-refractivity contribution in [3.8, 4) is 0 Å². The summed E-state index contributed by atoms with van der Waals surface area (Å²) in [6, 6.07) is -3.21. The summed E-state index contributed by atoms with van der Waals surface area (Å²) in [5.41, 5.74) is 4.08. The molecular weight excluding hydrogens is 796 g/mol. The summed E-state index contributed by atoms with van der Waals surface area (Å²) < 4.78 is 0. The van der Waals surface area contributed by atoms with E-state index in [2.05, 4.69) is 26.6 Å². The zero-order valence-corrected chi connectivity index (χ0v) is 34.4. The largest absolute Gasteiger partial charge is 0.481 e. The highest BCUT2D eigenvalue weighted by Gasteiger charge is 2.68. The predicted octanol–water partition coefficient (Wildman–Crippen LogP) is 0.882. The SMILES string of the molecule is C[C@@]12CC(=O)N[C@@]13C[C@@H]1NC(C[C@H]4NC5=C(C(=O)CC[C@H]5[C@@H]4CC(=O)O)[C@@H]4N/C(=C\C(N3)[C@H]2CCC(=O)O)[C@@H](CC(=O)O)[C@@H]4CCC(=O)O)[C@@](C)(CC(N)=O)[C@@H]1CCC(=O)O. The van der Waals surface area contributed by atoms with E-state index in [0.29, 0.717) is 23.4 Å². The van der Waals surface area contributed by atoms with Gasteiger partial charge in [-0.3, -0.25) is 43.7 Å². The molecule has 0 radical (unpaired) electrons. The van der Waals surface area contributed by atoms with Crippen LogP contribution >= 0.6 is 0 Å². The maximum Gasteiger partial charge on any atom is 0.304 e. The Balaban J connectivity index is 1.47. The molecule has 0 saturated carbocycles. The van der Waals surface area contributed by atoms with Gasteiger partial charge in [-0.05, 0) is 67.3 Å². The monoisotopic (exact) mass is 854 g/mol. The molecule has 5 saturated heterocycles. The summed E-state index contributed by atoms with van der Waals surface area (Å²) in [7, 11) is 0. The van der Waals surface area contributed by atoms with E-state index in [9.17, 15) is 63.9 Å². The standard InChI is InChI=1S/C42H58N6O13/c1-40(16-30(43)50)22(5-9-33(54)55)27-15-42-41(2,17-31(51)48-42)23(6-10-34(56)57)26(47-42)13-24-20(11-35(58)59)19(4-8-32(52)53)39(45-24)37-28(49)7-3-18-21(12-36(60)61)25(46-38(18)37)14-29(40)44-27/h13,18-23,25-27,29,39,44-47H,3-12,14-17H2,1-2H3,(H2,43,50)(H,48,51)(H,52,53)(H,54,55)(H,56,57)(H,58,59)(H,60,61)/b24-13-/t18-,19-,20-,21-,22+,23+,25+,26?,27-,29?,39+,40-,41-,42-/m0/s1. The Morgan fingerprint density at radius 2 is 1.44 bits per heavy atom. The molecule has 7 aliphatic rings. The minimum absolute atomic E-state index is 0.00327. The van der Waals surface area contributed by atoms with Crippen LogP contribution in [0.25, 0.3) is 0 Å². The van der Waals surface area contributed by atoms with Gasteiger partial charge in [0.15, 0.2) is 5.78 Å². The molecule has 5 fully saturated rings. The quantitative estimate of drug-likeness (QED) is 0.109. The first-order valence-corrected chi connectivity index (χ1v) is 21.4. The zero-order valence-electron chi connectivity index (χ0n) is 34.4. The second-order valence-electron chi connectivity index (χ2n) is 19.2. The number of Topliss-reactive ketones (excluding diaryl/α,β-unsaturated/α-hetero) is 1. The first-order valence-electron chi connectivity index (χ1n) is 21.4. The number of aliphatic carboxylic acids is 5. The number of nitrogens with one attached hydrogen (secondary N) is 5. The Kier molecular flexibility index (Phi) is 11.8. The van der Waals surface area contributed by atoms with Crippen LogP contribution in [-0.2, 0) is 38.4 Å². The summed E-state index contributed by atoms with van der Waals surface area (Å²) in [6.45, 7) is 3.78. The normalized spacial score (nSPS) is 40.6. The lowest BCUT2D eigenvalue weighted by molar-refractivity contribution is -0.139. The fraction of sp³-hybridized carbons (Fsp3) is 0.714. The second kappa shape index (κ2) is 16.3. The van der Waals surface area contributed by atoms with Gasteiger partial charge in [0.25, 0.3) is 0 Å². The van der Waals surface area contributed by atoms with Crippen LogP contribution in [0.2, 0.25) is 0 Å². The molecule has 61 heavy (non-hydrogen) atoms. The van der Waals surface area contributed by atoms with Gasteiger partial charge in [-0.1, -0.05) is 13.8 Å². The summed E-state index contributed by atoms with van der Waals surface area (Å²) >= 11 is 0. The van der Waals surface area contributed by atoms with Crippen molar-refractivity contribution in [2.45, 2.75) is 140 Å².